The largest absolute Gasteiger partial charge is 0.465 e. The number of fused-ring (bicyclic) bond motifs is 2. The third-order valence-electron chi connectivity index (χ3n) is 7.96. The number of carbonyl (C=O) groups excluding carboxylic acids is 3. The number of amides is 4. The van der Waals surface area contributed by atoms with Crippen molar-refractivity contribution in [2.24, 2.45) is 5.92 Å². The number of nitrogens with zero attached hydrogens (tertiary/aromatic N) is 2. The van der Waals surface area contributed by atoms with E-state index in [1.54, 1.807) is 47.4 Å². The smallest absolute Gasteiger partial charge is 0.412 e. The molecule has 0 bridgehead atoms. The van der Waals surface area contributed by atoms with Crippen LogP contribution < -0.4 is 15.5 Å². The van der Waals surface area contributed by atoms with Crippen molar-refractivity contribution in [1.82, 2.24) is 10.2 Å². The number of carboxylic acid groups (broad SMARTS) is 1. The highest BCUT2D eigenvalue weighted by Crippen LogP contribution is 2.43. The lowest BCUT2D eigenvalue weighted by Crippen LogP contribution is -2.57. The van der Waals surface area contributed by atoms with E-state index in [9.17, 15) is 24.3 Å². The predicted octanol–water partition coefficient (Wildman–Crippen LogP) is 4.82. The van der Waals surface area contributed by atoms with Crippen LogP contribution in [0, 0.1) is 5.92 Å². The number of rotatable bonds is 6. The molecule has 3 aliphatic rings. The molecule has 2 aromatic carbocycles. The summed E-state index contributed by atoms with van der Waals surface area (Å²) >= 11 is 6.27. The van der Waals surface area contributed by atoms with Crippen LogP contribution in [0.25, 0.3) is 0 Å². The van der Waals surface area contributed by atoms with Crippen LogP contribution in [0.2, 0.25) is 5.02 Å². The van der Waals surface area contributed by atoms with E-state index in [2.05, 4.69) is 10.6 Å². The zero-order chi connectivity index (χ0) is 27.7. The molecule has 4 amide bonds. The van der Waals surface area contributed by atoms with Gasteiger partial charge in [-0.05, 0) is 67.6 Å². The van der Waals surface area contributed by atoms with Gasteiger partial charge in [0.2, 0.25) is 5.91 Å². The highest BCUT2D eigenvalue weighted by molar-refractivity contribution is 6.30. The molecule has 2 atom stereocenters. The summed E-state index contributed by atoms with van der Waals surface area (Å²) < 4.78 is 5.83. The number of carbonyl (C=O) groups is 4. The Morgan fingerprint density at radius 1 is 1.21 bits per heavy atom. The number of hydrogen-bond acceptors (Lipinski definition) is 5. The second kappa shape index (κ2) is 10.8. The molecule has 0 unspecified atom stereocenters. The maximum Gasteiger partial charge on any atom is 0.412 e. The zero-order valence-electron chi connectivity index (χ0n) is 21.6. The number of anilines is 2. The molecule has 2 aliphatic heterocycles. The van der Waals surface area contributed by atoms with Gasteiger partial charge >= 0.3 is 12.2 Å². The first-order valence-electron chi connectivity index (χ1n) is 13.1. The minimum atomic E-state index is -1.11. The molecule has 1 saturated carbocycles. The van der Waals surface area contributed by atoms with E-state index in [0.29, 0.717) is 53.7 Å². The van der Waals surface area contributed by atoms with Crippen molar-refractivity contribution >= 4 is 47.0 Å². The van der Waals surface area contributed by atoms with Crippen molar-refractivity contribution in [3.8, 4) is 0 Å². The fourth-order valence-corrected chi connectivity index (χ4v) is 5.75. The van der Waals surface area contributed by atoms with E-state index in [4.69, 9.17) is 16.3 Å². The van der Waals surface area contributed by atoms with Gasteiger partial charge in [-0.3, -0.25) is 19.8 Å². The van der Waals surface area contributed by atoms with Crippen molar-refractivity contribution in [1.29, 1.82) is 0 Å². The summed E-state index contributed by atoms with van der Waals surface area (Å²) in [6.45, 7) is 0.647. The van der Waals surface area contributed by atoms with Crippen LogP contribution in [0.3, 0.4) is 0 Å². The number of hydrogen-bond donors (Lipinski definition) is 3. The third-order valence-corrected chi connectivity index (χ3v) is 8.20. The van der Waals surface area contributed by atoms with E-state index in [-0.39, 0.29) is 12.5 Å². The van der Waals surface area contributed by atoms with Crippen LogP contribution in [0.15, 0.2) is 42.5 Å². The molecule has 2 aromatic rings. The predicted molar refractivity (Wildman–Crippen MR) is 145 cm³/mol. The van der Waals surface area contributed by atoms with Crippen molar-refractivity contribution < 1.29 is 29.0 Å². The van der Waals surface area contributed by atoms with Gasteiger partial charge in [-0.15, -0.1) is 0 Å². The van der Waals surface area contributed by atoms with Crippen LogP contribution in [0.4, 0.5) is 21.0 Å². The van der Waals surface area contributed by atoms with Crippen LogP contribution in [-0.4, -0.2) is 60.2 Å². The van der Waals surface area contributed by atoms with Crippen molar-refractivity contribution in [3.63, 3.8) is 0 Å². The molecule has 3 N–H and O–H groups in total. The Balaban J connectivity index is 1.35. The standard InChI is InChI=1S/C28H31ClN4O6/c1-32(27(37)38)20-9-6-18(7-10-20)24(34)30-23(14-17-4-2-5-17)25(35)33-13-3-12-28(16-33)21-15-19(29)8-11-22(21)31-26(36)39-28/h6-11,15,17,23H,2-5,12-14,16H2,1H3,(H,30,34)(H,31,36)(H,37,38)/t23-,28-/m0/s1. The highest BCUT2D eigenvalue weighted by Gasteiger charge is 2.47. The molecule has 2 fully saturated rings. The lowest BCUT2D eigenvalue weighted by atomic mass is 9.80. The molecule has 2 heterocycles. The first kappa shape index (κ1) is 26.8. The Labute approximate surface area is 231 Å². The Morgan fingerprint density at radius 3 is 2.62 bits per heavy atom. The molecule has 0 radical (unpaired) electrons. The Hall–Kier alpha value is -3.79. The first-order chi connectivity index (χ1) is 18.6. The topological polar surface area (TPSA) is 128 Å². The van der Waals surface area contributed by atoms with Crippen LogP contribution >= 0.6 is 11.6 Å². The van der Waals surface area contributed by atoms with E-state index in [0.717, 1.165) is 29.7 Å². The summed E-state index contributed by atoms with van der Waals surface area (Å²) in [6, 6.07) is 10.6. The normalized spacial score (nSPS) is 21.2. The molecule has 11 heteroatoms. The summed E-state index contributed by atoms with van der Waals surface area (Å²) in [4.78, 5) is 53.5. The Morgan fingerprint density at radius 2 is 1.95 bits per heavy atom. The second-order valence-corrected chi connectivity index (χ2v) is 10.9. The van der Waals surface area contributed by atoms with Gasteiger partial charge in [0.25, 0.3) is 5.91 Å². The molecule has 1 spiro atoms. The lowest BCUT2D eigenvalue weighted by Gasteiger charge is -2.46. The van der Waals surface area contributed by atoms with Gasteiger partial charge in [-0.2, -0.15) is 0 Å². The summed E-state index contributed by atoms with van der Waals surface area (Å²) in [6.07, 6.45) is 3.13. The molecular weight excluding hydrogens is 524 g/mol. The van der Waals surface area contributed by atoms with Crippen molar-refractivity contribution in [2.75, 3.05) is 30.4 Å². The molecule has 0 aromatic heterocycles. The van der Waals surface area contributed by atoms with Gasteiger partial charge in [0.05, 0.1) is 12.2 Å². The van der Waals surface area contributed by atoms with Gasteiger partial charge in [0.1, 0.15) is 6.04 Å². The van der Waals surface area contributed by atoms with E-state index < -0.39 is 29.7 Å². The van der Waals surface area contributed by atoms with Crippen LogP contribution in [-0.2, 0) is 15.1 Å². The number of likely N-dealkylation sites (tertiary alicyclic amines) is 1. The molecule has 5 rings (SSSR count). The minimum absolute atomic E-state index is 0.167. The molecule has 39 heavy (non-hydrogen) atoms. The fourth-order valence-electron chi connectivity index (χ4n) is 5.58. The monoisotopic (exact) mass is 554 g/mol. The summed E-state index contributed by atoms with van der Waals surface area (Å²) in [5.74, 6) is -0.273. The van der Waals surface area contributed by atoms with Gasteiger partial charge in [0.15, 0.2) is 5.60 Å². The van der Waals surface area contributed by atoms with Crippen LogP contribution in [0.5, 0.6) is 0 Å². The second-order valence-electron chi connectivity index (χ2n) is 10.5. The molecule has 1 saturated heterocycles. The maximum absolute atomic E-state index is 13.9. The lowest BCUT2D eigenvalue weighted by molar-refractivity contribution is -0.141. The highest BCUT2D eigenvalue weighted by atomic mass is 35.5. The average molecular weight is 555 g/mol. The van der Waals surface area contributed by atoms with Crippen molar-refractivity contribution in [2.45, 2.75) is 50.2 Å². The average Bonchev–Trinajstić information content (AvgIpc) is 2.89. The summed E-state index contributed by atoms with van der Waals surface area (Å²) in [7, 11) is 1.42. The van der Waals surface area contributed by atoms with E-state index in [1.165, 1.54) is 7.05 Å². The summed E-state index contributed by atoms with van der Waals surface area (Å²) in [5.41, 5.74) is 1.08. The number of ether oxygens (including phenoxy) is 1. The van der Waals surface area contributed by atoms with Gasteiger partial charge in [0, 0.05) is 35.4 Å². The third kappa shape index (κ3) is 5.52. The van der Waals surface area contributed by atoms with Crippen LogP contribution in [0.1, 0.15) is 54.4 Å². The Bertz CT molecular complexity index is 1300. The van der Waals surface area contributed by atoms with Gasteiger partial charge in [-0.1, -0.05) is 30.9 Å². The fraction of sp³-hybridized carbons (Fsp3) is 0.429. The quantitative estimate of drug-likeness (QED) is 0.469. The SMILES string of the molecule is CN(C(=O)O)c1ccc(C(=O)N[C@@H](CC2CCC2)C(=O)N2CCC[C@@]3(C2)OC(=O)Nc2ccc(Cl)cc23)cc1. The maximum atomic E-state index is 13.9. The number of nitrogens with one attached hydrogen (secondary N) is 2. The number of piperidine rings is 1. The number of halogens is 1. The minimum Gasteiger partial charge on any atom is -0.465 e. The van der Waals surface area contributed by atoms with E-state index >= 15 is 0 Å². The first-order valence-corrected chi connectivity index (χ1v) is 13.5. The van der Waals surface area contributed by atoms with E-state index in [1.807, 2.05) is 0 Å². The number of benzene rings is 2. The Kier molecular flexibility index (Phi) is 7.40. The van der Waals surface area contributed by atoms with Gasteiger partial charge < -0.3 is 20.1 Å². The van der Waals surface area contributed by atoms with Crippen molar-refractivity contribution in [3.05, 3.63) is 58.6 Å². The molecule has 10 nitrogen and oxygen atoms in total. The zero-order valence-corrected chi connectivity index (χ0v) is 22.4. The molecular formula is C28H31ClN4O6. The molecule has 1 aliphatic carbocycles. The van der Waals surface area contributed by atoms with Gasteiger partial charge in [-0.25, -0.2) is 9.59 Å². The summed E-state index contributed by atoms with van der Waals surface area (Å²) in [5, 5.41) is 15.3. The molecule has 206 valence electrons.